The van der Waals surface area contributed by atoms with Gasteiger partial charge in [-0.15, -0.1) is 0 Å². The van der Waals surface area contributed by atoms with Crippen LogP contribution in [0.2, 0.25) is 0 Å². The molecule has 1 aromatic heterocycles. The number of carbonyl (C=O) groups excluding carboxylic acids is 2. The molecule has 5 aromatic rings. The average molecular weight is 865 g/mol. The van der Waals surface area contributed by atoms with Gasteiger partial charge in [-0.25, -0.2) is 0 Å². The van der Waals surface area contributed by atoms with E-state index in [1.54, 1.807) is 0 Å². The topological polar surface area (TPSA) is 124 Å². The van der Waals surface area contributed by atoms with Crippen LogP contribution in [0, 0.1) is 0 Å². The molecule has 10 rings (SSSR count). The second kappa shape index (κ2) is 17.8. The SMILES string of the molecule is O=C1COc2ccc(CCN3CCN(c4ccc(Br)c5[nH]ccc45)CC3)cc2N1.O=C1COc2ccc(CCN3CCN(c4ccc5c(c4)OCCCO5)CC3)cc2N1. The highest BCUT2D eigenvalue weighted by atomic mass is 79.9. The summed E-state index contributed by atoms with van der Waals surface area (Å²) in [6, 6.07) is 24.9. The number of aromatic amines is 1. The first-order valence-corrected chi connectivity index (χ1v) is 21.4. The quantitative estimate of drug-likeness (QED) is 0.167. The number of carbonyl (C=O) groups is 2. The van der Waals surface area contributed by atoms with Crippen molar-refractivity contribution in [2.24, 2.45) is 0 Å². The Labute approximate surface area is 352 Å². The lowest BCUT2D eigenvalue weighted by Crippen LogP contribution is -2.47. The van der Waals surface area contributed by atoms with Crippen molar-refractivity contribution < 1.29 is 28.5 Å². The molecule has 2 fully saturated rings. The Morgan fingerprint density at radius 1 is 0.576 bits per heavy atom. The Kier molecular flexibility index (Phi) is 11.8. The zero-order valence-corrected chi connectivity index (χ0v) is 34.7. The largest absolute Gasteiger partial charge is 0.490 e. The van der Waals surface area contributed by atoms with Gasteiger partial charge in [0.1, 0.15) is 11.5 Å². The predicted octanol–water partition coefficient (Wildman–Crippen LogP) is 6.17. The molecule has 4 aromatic carbocycles. The van der Waals surface area contributed by atoms with E-state index in [0.717, 1.165) is 129 Å². The summed E-state index contributed by atoms with van der Waals surface area (Å²) in [7, 11) is 0. The van der Waals surface area contributed by atoms with Crippen LogP contribution in [-0.2, 0) is 22.4 Å². The summed E-state index contributed by atoms with van der Waals surface area (Å²) in [5.41, 5.74) is 7.66. The maximum Gasteiger partial charge on any atom is 0.262 e. The van der Waals surface area contributed by atoms with Crippen molar-refractivity contribution in [3.8, 4) is 23.0 Å². The first-order valence-electron chi connectivity index (χ1n) is 20.6. The molecule has 2 amide bonds. The number of fused-ring (bicyclic) bond motifs is 4. The maximum atomic E-state index is 11.5. The number of nitrogens with one attached hydrogen (secondary N) is 3. The highest BCUT2D eigenvalue weighted by Crippen LogP contribution is 2.35. The smallest absolute Gasteiger partial charge is 0.262 e. The first-order chi connectivity index (χ1) is 28.9. The summed E-state index contributed by atoms with van der Waals surface area (Å²) in [5, 5.41) is 7.04. The minimum Gasteiger partial charge on any atom is -0.490 e. The van der Waals surface area contributed by atoms with Crippen molar-refractivity contribution in [2.45, 2.75) is 19.3 Å². The van der Waals surface area contributed by atoms with E-state index in [2.05, 4.69) is 93.6 Å². The first kappa shape index (κ1) is 39.0. The zero-order chi connectivity index (χ0) is 40.1. The number of halogens is 1. The van der Waals surface area contributed by atoms with E-state index in [0.29, 0.717) is 13.2 Å². The lowest BCUT2D eigenvalue weighted by Gasteiger charge is -2.36. The number of ether oxygens (including phenoxy) is 4. The Morgan fingerprint density at radius 2 is 1.15 bits per heavy atom. The molecule has 2 saturated heterocycles. The van der Waals surface area contributed by atoms with Crippen LogP contribution >= 0.6 is 15.9 Å². The molecule has 308 valence electrons. The van der Waals surface area contributed by atoms with Gasteiger partial charge in [-0.05, 0) is 94.5 Å². The van der Waals surface area contributed by atoms with Crippen LogP contribution < -0.4 is 39.4 Å². The zero-order valence-electron chi connectivity index (χ0n) is 33.1. The fourth-order valence-electron chi connectivity index (χ4n) is 8.32. The monoisotopic (exact) mass is 863 g/mol. The Bertz CT molecular complexity index is 2300. The summed E-state index contributed by atoms with van der Waals surface area (Å²) in [5.74, 6) is 3.04. The van der Waals surface area contributed by atoms with Crippen LogP contribution in [-0.4, -0.2) is 118 Å². The molecule has 5 aliphatic rings. The normalized spacial score (nSPS) is 18.0. The van der Waals surface area contributed by atoms with Gasteiger partial charge in [0.2, 0.25) is 0 Å². The van der Waals surface area contributed by atoms with Crippen LogP contribution in [0.3, 0.4) is 0 Å². The summed E-state index contributed by atoms with van der Waals surface area (Å²) in [6.07, 6.45) is 4.84. The number of amides is 2. The van der Waals surface area contributed by atoms with E-state index < -0.39 is 0 Å². The fourth-order valence-corrected chi connectivity index (χ4v) is 8.78. The Morgan fingerprint density at radius 3 is 1.78 bits per heavy atom. The molecule has 0 saturated carbocycles. The van der Waals surface area contributed by atoms with Crippen LogP contribution in [0.15, 0.2) is 83.5 Å². The molecular formula is C45H50BrN7O6. The van der Waals surface area contributed by atoms with Crippen molar-refractivity contribution in [1.29, 1.82) is 0 Å². The van der Waals surface area contributed by atoms with E-state index in [4.69, 9.17) is 18.9 Å². The standard InChI is InChI=1S/C23H27N3O4.C22H23BrN4O2/c27-23-16-30-20-4-2-17(14-19(20)24-23)6-7-25-8-10-26(11-9-25)18-3-5-21-22(15-18)29-13-1-12-28-21;23-17-2-3-19(16-5-7-24-22(16)17)27-11-9-26(10-12-27)8-6-15-1-4-20-18(13-15)25-21(28)14-29-20/h2-5,14-15H,1,6-13,16H2,(H,24,27);1-5,7,13,24H,6,8-12,14H2,(H,25,28). The average Bonchev–Trinajstić information content (AvgIpc) is 3.65. The fraction of sp³-hybridized carbons (Fsp3) is 0.378. The second-order valence-electron chi connectivity index (χ2n) is 15.5. The summed E-state index contributed by atoms with van der Waals surface area (Å²) in [4.78, 5) is 36.3. The second-order valence-corrected chi connectivity index (χ2v) is 16.4. The predicted molar refractivity (Wildman–Crippen MR) is 234 cm³/mol. The van der Waals surface area contributed by atoms with Gasteiger partial charge in [0, 0.05) is 105 Å². The van der Waals surface area contributed by atoms with Crippen LogP contribution in [0.4, 0.5) is 22.7 Å². The molecule has 0 atom stereocenters. The third-order valence-electron chi connectivity index (χ3n) is 11.6. The van der Waals surface area contributed by atoms with Gasteiger partial charge in [-0.3, -0.25) is 19.4 Å². The minimum absolute atomic E-state index is 0.0877. The molecule has 6 heterocycles. The number of hydrogen-bond acceptors (Lipinski definition) is 10. The van der Waals surface area contributed by atoms with Crippen LogP contribution in [0.25, 0.3) is 10.9 Å². The van der Waals surface area contributed by atoms with E-state index >= 15 is 0 Å². The molecule has 13 nitrogen and oxygen atoms in total. The summed E-state index contributed by atoms with van der Waals surface area (Å²) >= 11 is 3.62. The number of piperazine rings is 2. The number of anilines is 4. The highest BCUT2D eigenvalue weighted by Gasteiger charge is 2.23. The molecule has 59 heavy (non-hydrogen) atoms. The number of aromatic nitrogens is 1. The van der Waals surface area contributed by atoms with Crippen molar-refractivity contribution in [2.75, 3.05) is 112 Å². The number of rotatable bonds is 8. The van der Waals surface area contributed by atoms with Gasteiger partial charge in [0.15, 0.2) is 24.7 Å². The third-order valence-corrected chi connectivity index (χ3v) is 12.3. The highest BCUT2D eigenvalue weighted by molar-refractivity contribution is 9.10. The van der Waals surface area contributed by atoms with E-state index in [1.807, 2.05) is 36.5 Å². The molecule has 0 radical (unpaired) electrons. The summed E-state index contributed by atoms with van der Waals surface area (Å²) < 4.78 is 23.6. The van der Waals surface area contributed by atoms with Crippen LogP contribution in [0.1, 0.15) is 17.5 Å². The van der Waals surface area contributed by atoms with E-state index in [1.165, 1.54) is 27.9 Å². The number of H-pyrrole nitrogens is 1. The van der Waals surface area contributed by atoms with Crippen molar-refractivity contribution in [1.82, 2.24) is 14.8 Å². The Balaban J connectivity index is 0.000000152. The summed E-state index contributed by atoms with van der Waals surface area (Å²) in [6.45, 7) is 11.8. The van der Waals surface area contributed by atoms with Gasteiger partial charge in [-0.1, -0.05) is 12.1 Å². The molecule has 0 spiro atoms. The molecule has 0 bridgehead atoms. The van der Waals surface area contributed by atoms with Gasteiger partial charge in [0.25, 0.3) is 11.8 Å². The van der Waals surface area contributed by atoms with E-state index in [-0.39, 0.29) is 25.0 Å². The van der Waals surface area contributed by atoms with Gasteiger partial charge < -0.3 is 44.4 Å². The van der Waals surface area contributed by atoms with Gasteiger partial charge in [-0.2, -0.15) is 0 Å². The number of nitrogens with zero attached hydrogens (tertiary/aromatic N) is 4. The van der Waals surface area contributed by atoms with E-state index in [9.17, 15) is 9.59 Å². The van der Waals surface area contributed by atoms with Crippen LogP contribution in [0.5, 0.6) is 23.0 Å². The van der Waals surface area contributed by atoms with Crippen molar-refractivity contribution >= 4 is 61.4 Å². The molecular weight excluding hydrogens is 814 g/mol. The molecule has 14 heteroatoms. The van der Waals surface area contributed by atoms with Gasteiger partial charge >= 0.3 is 0 Å². The minimum atomic E-state index is -0.0921. The van der Waals surface area contributed by atoms with Crippen molar-refractivity contribution in [3.05, 3.63) is 94.6 Å². The molecule has 0 unspecified atom stereocenters. The number of benzene rings is 4. The third kappa shape index (κ3) is 9.24. The molecule has 5 aliphatic heterocycles. The van der Waals surface area contributed by atoms with Crippen molar-refractivity contribution in [3.63, 3.8) is 0 Å². The lowest BCUT2D eigenvalue weighted by molar-refractivity contribution is -0.119. The maximum absolute atomic E-state index is 11.5. The molecule has 3 N–H and O–H groups in total. The van der Waals surface area contributed by atoms with Gasteiger partial charge in [0.05, 0.1) is 30.1 Å². The lowest BCUT2D eigenvalue weighted by atomic mass is 10.1. The Hall–Kier alpha value is -5.44. The molecule has 0 aliphatic carbocycles. The number of hydrogen-bond donors (Lipinski definition) is 3.